The van der Waals surface area contributed by atoms with E-state index in [1.54, 1.807) is 23.3 Å². The molecule has 1 fully saturated rings. The fourth-order valence-electron chi connectivity index (χ4n) is 3.59. The van der Waals surface area contributed by atoms with Crippen molar-refractivity contribution in [2.45, 2.75) is 18.9 Å². The molecule has 1 saturated heterocycles. The van der Waals surface area contributed by atoms with Crippen LogP contribution in [0.25, 0.3) is 0 Å². The van der Waals surface area contributed by atoms with Crippen molar-refractivity contribution in [2.24, 2.45) is 22.1 Å². The second-order valence-electron chi connectivity index (χ2n) is 6.84. The molecule has 0 amide bonds. The van der Waals surface area contributed by atoms with Gasteiger partial charge in [-0.25, -0.2) is 0 Å². The summed E-state index contributed by atoms with van der Waals surface area (Å²) in [6.07, 6.45) is 15.1. The van der Waals surface area contributed by atoms with Gasteiger partial charge in [0.1, 0.15) is 12.4 Å². The number of aryl methyl sites for hydroxylation is 1. The molecule has 0 aliphatic carbocycles. The van der Waals surface area contributed by atoms with E-state index >= 15 is 0 Å². The standard InChI is InChI=1S/C17H21N10.ClH/c1-25-12-15(9-20-25)27-7-6-19-10-16(27)23-17(24-27)22-13-8-21-26(11-13)14-2-4-18-5-3-14;/h6-12,14,18H,2-5H2,1H3,(H,22,24);1H/q+1;. The number of aliphatic imine (C=N–C) groups is 2. The van der Waals surface area contributed by atoms with Gasteiger partial charge < -0.3 is 10.6 Å². The number of fused-ring (bicyclic) bond motifs is 1. The van der Waals surface area contributed by atoms with E-state index in [1.807, 2.05) is 36.5 Å². The molecule has 2 N–H and O–H groups in total. The quantitative estimate of drug-likeness (QED) is 0.764. The zero-order chi connectivity index (χ0) is 18.3. The van der Waals surface area contributed by atoms with Gasteiger partial charge in [-0.3, -0.25) is 14.4 Å². The molecule has 0 radical (unpaired) electrons. The molecule has 146 valence electrons. The summed E-state index contributed by atoms with van der Waals surface area (Å²) in [4.78, 5) is 8.83. The molecule has 10 nitrogen and oxygen atoms in total. The molecule has 1 unspecified atom stereocenters. The Bertz CT molecular complexity index is 978. The van der Waals surface area contributed by atoms with Crippen LogP contribution in [0.3, 0.4) is 0 Å². The minimum absolute atomic E-state index is 0. The molecule has 2 aromatic rings. The van der Waals surface area contributed by atoms with Crippen LogP contribution in [0.4, 0.5) is 11.4 Å². The largest absolute Gasteiger partial charge is 0.317 e. The molecule has 0 bridgehead atoms. The SMILES string of the molecule is Cl.Cn1cc([N+]23C=CN=CC2=NC(Nc2cnn(C4CCNCC4)c2)=N3)cn1. The zero-order valence-corrected chi connectivity index (χ0v) is 16.2. The molecular weight excluding hydrogens is 380 g/mol. The highest BCUT2D eigenvalue weighted by Gasteiger charge is 2.43. The van der Waals surface area contributed by atoms with E-state index in [-0.39, 0.29) is 17.0 Å². The van der Waals surface area contributed by atoms with Crippen LogP contribution in [0, 0.1) is 0 Å². The van der Waals surface area contributed by atoms with E-state index in [4.69, 9.17) is 5.10 Å². The Morgan fingerprint density at radius 3 is 2.82 bits per heavy atom. The maximum Gasteiger partial charge on any atom is 0.287 e. The summed E-state index contributed by atoms with van der Waals surface area (Å²) in [6, 6.07) is 0.439. The third-order valence-corrected chi connectivity index (χ3v) is 5.01. The zero-order valence-electron chi connectivity index (χ0n) is 15.4. The van der Waals surface area contributed by atoms with E-state index in [0.29, 0.717) is 12.0 Å². The third-order valence-electron chi connectivity index (χ3n) is 5.01. The van der Waals surface area contributed by atoms with E-state index in [0.717, 1.165) is 43.1 Å². The van der Waals surface area contributed by atoms with Gasteiger partial charge in [-0.1, -0.05) is 4.59 Å². The van der Waals surface area contributed by atoms with Crippen LogP contribution < -0.4 is 15.2 Å². The van der Waals surface area contributed by atoms with Gasteiger partial charge >= 0.3 is 0 Å². The fourth-order valence-corrected chi connectivity index (χ4v) is 3.59. The number of hydrogen-bond donors (Lipinski definition) is 2. The molecule has 1 atom stereocenters. The molecule has 5 heterocycles. The minimum atomic E-state index is 0. The number of guanidine groups is 1. The van der Waals surface area contributed by atoms with E-state index in [1.165, 1.54) is 0 Å². The Hall–Kier alpha value is -2.82. The lowest BCUT2D eigenvalue weighted by Gasteiger charge is -2.22. The Balaban J connectivity index is 0.00000192. The number of hydrogen-bond acceptors (Lipinski definition) is 7. The topological polar surface area (TPSA) is 96.8 Å². The highest BCUT2D eigenvalue weighted by atomic mass is 35.5. The second kappa shape index (κ2) is 7.30. The molecule has 3 aliphatic heterocycles. The predicted molar refractivity (Wildman–Crippen MR) is 112 cm³/mol. The van der Waals surface area contributed by atoms with Crippen LogP contribution in [-0.2, 0) is 7.05 Å². The number of nitrogens with one attached hydrogen (secondary N) is 2. The molecule has 3 aliphatic rings. The number of amidine groups is 1. The highest BCUT2D eigenvalue weighted by Crippen LogP contribution is 2.30. The van der Waals surface area contributed by atoms with Crippen molar-refractivity contribution >= 4 is 41.8 Å². The molecule has 28 heavy (non-hydrogen) atoms. The van der Waals surface area contributed by atoms with Crippen LogP contribution in [-0.4, -0.2) is 50.7 Å². The van der Waals surface area contributed by atoms with Gasteiger partial charge in [0, 0.05) is 13.2 Å². The molecular formula is C17H22ClN10+. The molecule has 11 heteroatoms. The third kappa shape index (κ3) is 3.15. The lowest BCUT2D eigenvalue weighted by molar-refractivity contribution is 0.343. The van der Waals surface area contributed by atoms with Gasteiger partial charge in [0.25, 0.3) is 11.8 Å². The van der Waals surface area contributed by atoms with Gasteiger partial charge in [0.15, 0.2) is 6.20 Å². The van der Waals surface area contributed by atoms with Crippen LogP contribution in [0.5, 0.6) is 0 Å². The lowest BCUT2D eigenvalue weighted by atomic mass is 10.1. The minimum Gasteiger partial charge on any atom is -0.317 e. The number of piperidine rings is 1. The summed E-state index contributed by atoms with van der Waals surface area (Å²) >= 11 is 0. The molecule has 0 spiro atoms. The number of anilines is 1. The molecule has 2 aromatic heterocycles. The summed E-state index contributed by atoms with van der Waals surface area (Å²) in [5, 5.41) is 20.3. The number of aromatic nitrogens is 4. The first-order valence-electron chi connectivity index (χ1n) is 9.03. The van der Waals surface area contributed by atoms with Gasteiger partial charge in [-0.2, -0.15) is 15.2 Å². The van der Waals surface area contributed by atoms with Crippen molar-refractivity contribution in [1.29, 1.82) is 0 Å². The van der Waals surface area contributed by atoms with Crippen molar-refractivity contribution in [3.05, 3.63) is 37.2 Å². The van der Waals surface area contributed by atoms with Crippen molar-refractivity contribution in [3.8, 4) is 0 Å². The van der Waals surface area contributed by atoms with Gasteiger partial charge in [-0.15, -0.1) is 12.4 Å². The molecule has 0 saturated carbocycles. The van der Waals surface area contributed by atoms with Crippen molar-refractivity contribution in [1.82, 2.24) is 29.5 Å². The Morgan fingerprint density at radius 1 is 1.18 bits per heavy atom. The fraction of sp³-hybridized carbons (Fsp3) is 0.353. The maximum absolute atomic E-state index is 4.80. The smallest absolute Gasteiger partial charge is 0.287 e. The summed E-state index contributed by atoms with van der Waals surface area (Å²) in [5.74, 6) is 1.25. The van der Waals surface area contributed by atoms with Crippen LogP contribution in [0.1, 0.15) is 18.9 Å². The summed E-state index contributed by atoms with van der Waals surface area (Å²) in [6.45, 7) is 2.06. The number of rotatable bonds is 3. The van der Waals surface area contributed by atoms with E-state index in [2.05, 4.69) is 30.8 Å². The van der Waals surface area contributed by atoms with E-state index in [9.17, 15) is 0 Å². The van der Waals surface area contributed by atoms with Gasteiger partial charge in [0.05, 0.1) is 30.3 Å². The normalized spacial score (nSPS) is 23.8. The maximum atomic E-state index is 4.80. The first-order chi connectivity index (χ1) is 13.2. The van der Waals surface area contributed by atoms with E-state index < -0.39 is 0 Å². The van der Waals surface area contributed by atoms with Crippen LogP contribution in [0.2, 0.25) is 0 Å². The Labute approximate surface area is 168 Å². The van der Waals surface area contributed by atoms with Crippen molar-refractivity contribution in [2.75, 3.05) is 18.4 Å². The number of halogens is 1. The predicted octanol–water partition coefficient (Wildman–Crippen LogP) is 1.62. The Kier molecular flexibility index (Phi) is 4.84. The van der Waals surface area contributed by atoms with Gasteiger partial charge in [-0.05, 0) is 31.0 Å². The van der Waals surface area contributed by atoms with Crippen LogP contribution >= 0.6 is 12.4 Å². The van der Waals surface area contributed by atoms with Crippen molar-refractivity contribution < 1.29 is 0 Å². The first-order valence-corrected chi connectivity index (χ1v) is 9.03. The summed E-state index contributed by atoms with van der Waals surface area (Å²) in [7, 11) is 1.88. The lowest BCUT2D eigenvalue weighted by Crippen LogP contribution is -2.44. The van der Waals surface area contributed by atoms with Gasteiger partial charge in [0.2, 0.25) is 5.69 Å². The Morgan fingerprint density at radius 2 is 2.04 bits per heavy atom. The number of nitrogens with zero attached hydrogens (tertiary/aromatic N) is 8. The monoisotopic (exact) mass is 401 g/mol. The van der Waals surface area contributed by atoms with Crippen LogP contribution in [0.15, 0.2) is 52.3 Å². The summed E-state index contributed by atoms with van der Waals surface area (Å²) < 4.78 is 3.91. The summed E-state index contributed by atoms with van der Waals surface area (Å²) in [5.41, 5.74) is 1.78. The number of quaternary nitrogens is 1. The second-order valence-corrected chi connectivity index (χ2v) is 6.84. The highest BCUT2D eigenvalue weighted by molar-refractivity contribution is 6.38. The average Bonchev–Trinajstić information content (AvgIpc) is 3.41. The molecule has 0 aromatic carbocycles. The average molecular weight is 402 g/mol. The van der Waals surface area contributed by atoms with Crippen molar-refractivity contribution in [3.63, 3.8) is 0 Å². The first kappa shape index (κ1) is 18.5. The molecule has 5 rings (SSSR count).